The van der Waals surface area contributed by atoms with Crippen LogP contribution in [0.3, 0.4) is 0 Å². The van der Waals surface area contributed by atoms with E-state index in [0.717, 1.165) is 22.6 Å². The number of rotatable bonds is 5. The largest absolute Gasteiger partial charge is 0.325 e. The Morgan fingerprint density at radius 1 is 1.23 bits per heavy atom. The van der Waals surface area contributed by atoms with E-state index >= 15 is 0 Å². The number of amides is 1. The Labute approximate surface area is 132 Å². The summed E-state index contributed by atoms with van der Waals surface area (Å²) in [6.45, 7) is 0. The van der Waals surface area contributed by atoms with Crippen LogP contribution in [-0.2, 0) is 4.79 Å². The van der Waals surface area contributed by atoms with E-state index in [1.807, 2.05) is 47.2 Å². The van der Waals surface area contributed by atoms with Crippen LogP contribution < -0.4 is 5.32 Å². The van der Waals surface area contributed by atoms with Crippen molar-refractivity contribution in [3.05, 3.63) is 48.9 Å². The number of hydrogen-bond acceptors (Lipinski definition) is 4. The van der Waals surface area contributed by atoms with Crippen LogP contribution in [-0.4, -0.2) is 32.5 Å². The maximum Gasteiger partial charge on any atom is 0.225 e. The lowest BCUT2D eigenvalue weighted by Gasteiger charge is -2.06. The Kier molecular flexibility index (Phi) is 4.39. The molecule has 0 fully saturated rings. The van der Waals surface area contributed by atoms with Crippen molar-refractivity contribution in [1.82, 2.24) is 14.5 Å². The summed E-state index contributed by atoms with van der Waals surface area (Å²) in [5.41, 5.74) is 2.64. The number of benzene rings is 1. The SMILES string of the molecule is CSCCC(=O)Nc1ccc(-n2cnc3ccccc32)nc1. The molecule has 0 radical (unpaired) electrons. The maximum atomic E-state index is 11.7. The van der Waals surface area contributed by atoms with E-state index in [0.29, 0.717) is 12.1 Å². The fourth-order valence-electron chi connectivity index (χ4n) is 2.16. The van der Waals surface area contributed by atoms with Crippen LogP contribution in [0.4, 0.5) is 5.69 Å². The summed E-state index contributed by atoms with van der Waals surface area (Å²) in [6.07, 6.45) is 5.92. The second-order valence-corrected chi connectivity index (χ2v) is 5.78. The molecule has 0 aliphatic rings. The number of anilines is 1. The van der Waals surface area contributed by atoms with Crippen LogP contribution in [0.1, 0.15) is 6.42 Å². The summed E-state index contributed by atoms with van der Waals surface area (Å²) in [6, 6.07) is 11.6. The summed E-state index contributed by atoms with van der Waals surface area (Å²) in [7, 11) is 0. The molecule has 0 atom stereocenters. The fourth-order valence-corrected chi connectivity index (χ4v) is 2.55. The molecule has 0 aliphatic carbocycles. The molecule has 0 aliphatic heterocycles. The molecule has 1 aromatic carbocycles. The minimum absolute atomic E-state index is 0.0111. The lowest BCUT2D eigenvalue weighted by Crippen LogP contribution is -2.12. The molecular formula is C16H16N4OS. The average molecular weight is 312 g/mol. The Balaban J connectivity index is 1.78. The van der Waals surface area contributed by atoms with Gasteiger partial charge in [0.15, 0.2) is 0 Å². The van der Waals surface area contributed by atoms with Crippen molar-refractivity contribution in [3.63, 3.8) is 0 Å². The standard InChI is InChI=1S/C16H16N4OS/c1-22-9-8-16(21)19-12-6-7-15(17-10-12)20-11-18-13-4-2-3-5-14(13)20/h2-7,10-11H,8-9H2,1H3,(H,19,21). The number of fused-ring (bicyclic) bond motifs is 1. The zero-order valence-electron chi connectivity index (χ0n) is 12.2. The predicted molar refractivity (Wildman–Crippen MR) is 90.5 cm³/mol. The van der Waals surface area contributed by atoms with Gasteiger partial charge in [0.1, 0.15) is 12.1 Å². The van der Waals surface area contributed by atoms with Crippen LogP contribution in [0.25, 0.3) is 16.9 Å². The molecule has 0 bridgehead atoms. The fraction of sp³-hybridized carbons (Fsp3) is 0.188. The molecule has 1 amide bonds. The van der Waals surface area contributed by atoms with Gasteiger partial charge < -0.3 is 5.32 Å². The van der Waals surface area contributed by atoms with E-state index in [9.17, 15) is 4.79 Å². The highest BCUT2D eigenvalue weighted by molar-refractivity contribution is 7.98. The Bertz CT molecular complexity index is 782. The normalized spacial score (nSPS) is 10.8. The van der Waals surface area contributed by atoms with Crippen molar-refractivity contribution >= 4 is 34.4 Å². The molecule has 5 nitrogen and oxygen atoms in total. The predicted octanol–water partition coefficient (Wildman–Crippen LogP) is 3.11. The van der Waals surface area contributed by atoms with Crippen LogP contribution >= 0.6 is 11.8 Å². The first kappa shape index (κ1) is 14.6. The van der Waals surface area contributed by atoms with Crippen molar-refractivity contribution in [2.24, 2.45) is 0 Å². The van der Waals surface area contributed by atoms with E-state index in [1.165, 1.54) is 0 Å². The highest BCUT2D eigenvalue weighted by atomic mass is 32.2. The molecule has 0 spiro atoms. The van der Waals surface area contributed by atoms with Crippen LogP contribution in [0.2, 0.25) is 0 Å². The minimum atomic E-state index is 0.0111. The molecule has 2 aromatic heterocycles. The van der Waals surface area contributed by atoms with Crippen LogP contribution in [0, 0.1) is 0 Å². The van der Waals surface area contributed by atoms with Gasteiger partial charge >= 0.3 is 0 Å². The summed E-state index contributed by atoms with van der Waals surface area (Å²) in [5, 5.41) is 2.85. The molecule has 3 aromatic rings. The smallest absolute Gasteiger partial charge is 0.225 e. The maximum absolute atomic E-state index is 11.7. The molecule has 6 heteroatoms. The Morgan fingerprint density at radius 2 is 2.09 bits per heavy atom. The number of para-hydroxylation sites is 2. The average Bonchev–Trinajstić information content (AvgIpc) is 2.98. The van der Waals surface area contributed by atoms with Crippen molar-refractivity contribution < 1.29 is 4.79 Å². The first-order valence-electron chi connectivity index (χ1n) is 6.95. The zero-order valence-corrected chi connectivity index (χ0v) is 13.0. The number of aromatic nitrogens is 3. The number of imidazole rings is 1. The number of pyridine rings is 1. The Morgan fingerprint density at radius 3 is 2.86 bits per heavy atom. The molecule has 112 valence electrons. The van der Waals surface area contributed by atoms with Gasteiger partial charge in [-0.25, -0.2) is 9.97 Å². The van der Waals surface area contributed by atoms with Gasteiger partial charge in [-0.1, -0.05) is 12.1 Å². The second-order valence-electron chi connectivity index (χ2n) is 4.80. The van der Waals surface area contributed by atoms with Crippen molar-refractivity contribution in [3.8, 4) is 5.82 Å². The topological polar surface area (TPSA) is 59.8 Å². The first-order chi connectivity index (χ1) is 10.8. The molecule has 2 heterocycles. The van der Waals surface area contributed by atoms with Crippen LogP contribution in [0.5, 0.6) is 0 Å². The minimum Gasteiger partial charge on any atom is -0.325 e. The lowest BCUT2D eigenvalue weighted by atomic mass is 10.3. The third-order valence-electron chi connectivity index (χ3n) is 3.27. The molecule has 1 N–H and O–H groups in total. The third-order valence-corrected chi connectivity index (χ3v) is 3.88. The van der Waals surface area contributed by atoms with Gasteiger partial charge in [0.2, 0.25) is 5.91 Å². The number of carbonyl (C=O) groups excluding carboxylic acids is 1. The number of thioether (sulfide) groups is 1. The molecule has 3 rings (SSSR count). The zero-order chi connectivity index (χ0) is 15.4. The van der Waals surface area contributed by atoms with Crippen molar-refractivity contribution in [1.29, 1.82) is 0 Å². The van der Waals surface area contributed by atoms with Gasteiger partial charge in [-0.05, 0) is 30.5 Å². The number of hydrogen-bond donors (Lipinski definition) is 1. The van der Waals surface area contributed by atoms with Gasteiger partial charge in [-0.2, -0.15) is 11.8 Å². The third kappa shape index (κ3) is 3.12. The van der Waals surface area contributed by atoms with E-state index < -0.39 is 0 Å². The van der Waals surface area contributed by atoms with Crippen LogP contribution in [0.15, 0.2) is 48.9 Å². The van der Waals surface area contributed by atoms with E-state index in [1.54, 1.807) is 24.3 Å². The molecule has 22 heavy (non-hydrogen) atoms. The number of nitrogens with one attached hydrogen (secondary N) is 1. The monoisotopic (exact) mass is 312 g/mol. The van der Waals surface area contributed by atoms with Crippen molar-refractivity contribution in [2.75, 3.05) is 17.3 Å². The first-order valence-corrected chi connectivity index (χ1v) is 8.34. The summed E-state index contributed by atoms with van der Waals surface area (Å²) in [4.78, 5) is 20.5. The summed E-state index contributed by atoms with van der Waals surface area (Å²) >= 11 is 1.66. The Hall–Kier alpha value is -2.34. The van der Waals surface area contributed by atoms with Gasteiger partial charge in [0.05, 0.1) is 22.9 Å². The summed E-state index contributed by atoms with van der Waals surface area (Å²) in [5.74, 6) is 1.60. The van der Waals surface area contributed by atoms with Gasteiger partial charge in [0, 0.05) is 12.2 Å². The van der Waals surface area contributed by atoms with E-state index in [4.69, 9.17) is 0 Å². The molecule has 0 saturated carbocycles. The number of carbonyl (C=O) groups is 1. The summed E-state index contributed by atoms with van der Waals surface area (Å²) < 4.78 is 1.93. The lowest BCUT2D eigenvalue weighted by molar-refractivity contribution is -0.115. The second kappa shape index (κ2) is 6.62. The quantitative estimate of drug-likeness (QED) is 0.786. The molecular weight excluding hydrogens is 296 g/mol. The number of nitrogens with zero attached hydrogens (tertiary/aromatic N) is 3. The highest BCUT2D eigenvalue weighted by Crippen LogP contribution is 2.17. The van der Waals surface area contributed by atoms with E-state index in [-0.39, 0.29) is 5.91 Å². The van der Waals surface area contributed by atoms with Gasteiger partial charge in [-0.15, -0.1) is 0 Å². The van der Waals surface area contributed by atoms with Gasteiger partial charge in [-0.3, -0.25) is 9.36 Å². The molecule has 0 unspecified atom stereocenters. The molecule has 0 saturated heterocycles. The highest BCUT2D eigenvalue weighted by Gasteiger charge is 2.06. The van der Waals surface area contributed by atoms with Gasteiger partial charge in [0.25, 0.3) is 0 Å². The van der Waals surface area contributed by atoms with E-state index in [2.05, 4.69) is 15.3 Å². The van der Waals surface area contributed by atoms with Crippen molar-refractivity contribution in [2.45, 2.75) is 6.42 Å².